The molecule has 1 unspecified atom stereocenters. The number of hydrogen-bond donors (Lipinski definition) is 1. The molecule has 2 rings (SSSR count). The van der Waals surface area contributed by atoms with Gasteiger partial charge in [0.1, 0.15) is 6.10 Å². The van der Waals surface area contributed by atoms with Gasteiger partial charge in [0.2, 0.25) is 0 Å². The van der Waals surface area contributed by atoms with Crippen molar-refractivity contribution in [1.29, 1.82) is 0 Å². The first kappa shape index (κ1) is 13.6. The van der Waals surface area contributed by atoms with Gasteiger partial charge in [0, 0.05) is 0 Å². The third-order valence-electron chi connectivity index (χ3n) is 3.70. The Bertz CT molecular complexity index is 339. The summed E-state index contributed by atoms with van der Waals surface area (Å²) < 4.78 is 5.75. The third kappa shape index (κ3) is 3.82. The maximum Gasteiger partial charge on any atom is 0.102 e. The summed E-state index contributed by atoms with van der Waals surface area (Å²) in [7, 11) is 0. The van der Waals surface area contributed by atoms with Crippen LogP contribution in [0, 0.1) is 0 Å². The van der Waals surface area contributed by atoms with Crippen molar-refractivity contribution in [2.45, 2.75) is 57.7 Å². The fraction of sp³-hybridized carbons (Fsp3) is 0.625. The van der Waals surface area contributed by atoms with Crippen molar-refractivity contribution in [3.63, 3.8) is 0 Å². The second kappa shape index (κ2) is 6.91. The van der Waals surface area contributed by atoms with Crippen molar-refractivity contribution >= 4 is 0 Å². The van der Waals surface area contributed by atoms with E-state index in [0.29, 0.717) is 12.7 Å². The van der Waals surface area contributed by atoms with Gasteiger partial charge in [0.25, 0.3) is 0 Å². The van der Waals surface area contributed by atoms with E-state index < -0.39 is 6.10 Å². The summed E-state index contributed by atoms with van der Waals surface area (Å²) in [6.07, 6.45) is 7.01. The minimum atomic E-state index is -0.485. The van der Waals surface area contributed by atoms with Crippen LogP contribution in [0.5, 0.6) is 0 Å². The number of aryl methyl sites for hydroxylation is 1. The smallest absolute Gasteiger partial charge is 0.102 e. The highest BCUT2D eigenvalue weighted by molar-refractivity contribution is 5.24. The van der Waals surface area contributed by atoms with Crippen molar-refractivity contribution in [3.8, 4) is 0 Å². The normalized spacial score (nSPS) is 18.1. The molecule has 0 radical (unpaired) electrons. The van der Waals surface area contributed by atoms with Crippen LogP contribution in [0.1, 0.15) is 56.3 Å². The van der Waals surface area contributed by atoms with E-state index in [9.17, 15) is 5.11 Å². The number of hydrogen-bond acceptors (Lipinski definition) is 2. The Morgan fingerprint density at radius 3 is 2.50 bits per heavy atom. The molecule has 1 N–H and O–H groups in total. The largest absolute Gasteiger partial charge is 0.386 e. The van der Waals surface area contributed by atoms with Gasteiger partial charge in [-0.2, -0.15) is 0 Å². The maximum atomic E-state index is 10.1. The van der Waals surface area contributed by atoms with Crippen LogP contribution in [0.3, 0.4) is 0 Å². The highest BCUT2D eigenvalue weighted by Crippen LogP contribution is 2.23. The second-order valence-electron chi connectivity index (χ2n) is 5.25. The molecule has 0 bridgehead atoms. The van der Waals surface area contributed by atoms with Gasteiger partial charge < -0.3 is 9.84 Å². The third-order valence-corrected chi connectivity index (χ3v) is 3.70. The first-order valence-corrected chi connectivity index (χ1v) is 7.18. The average molecular weight is 248 g/mol. The van der Waals surface area contributed by atoms with Gasteiger partial charge in [0.15, 0.2) is 0 Å². The van der Waals surface area contributed by atoms with E-state index in [1.165, 1.54) is 18.4 Å². The minimum Gasteiger partial charge on any atom is -0.386 e. The SMILES string of the molecule is CCCc1ccc(C(O)COC2CCCC2)cc1. The molecule has 1 atom stereocenters. The second-order valence-corrected chi connectivity index (χ2v) is 5.25. The quantitative estimate of drug-likeness (QED) is 0.833. The highest BCUT2D eigenvalue weighted by atomic mass is 16.5. The molecule has 18 heavy (non-hydrogen) atoms. The predicted molar refractivity (Wildman–Crippen MR) is 73.6 cm³/mol. The Morgan fingerprint density at radius 1 is 1.22 bits per heavy atom. The summed E-state index contributed by atoms with van der Waals surface area (Å²) in [5.74, 6) is 0. The zero-order valence-corrected chi connectivity index (χ0v) is 11.3. The molecule has 0 saturated heterocycles. The summed E-state index contributed by atoms with van der Waals surface area (Å²) in [6, 6.07) is 8.26. The zero-order chi connectivity index (χ0) is 12.8. The summed E-state index contributed by atoms with van der Waals surface area (Å²) in [6.45, 7) is 2.61. The van der Waals surface area contributed by atoms with Crippen molar-refractivity contribution in [2.75, 3.05) is 6.61 Å². The molecule has 1 aliphatic rings. The summed E-state index contributed by atoms with van der Waals surface area (Å²) in [4.78, 5) is 0. The van der Waals surface area contributed by atoms with Crippen molar-refractivity contribution < 1.29 is 9.84 Å². The first-order chi connectivity index (χ1) is 8.79. The molecule has 0 aromatic heterocycles. The fourth-order valence-corrected chi connectivity index (χ4v) is 2.57. The van der Waals surface area contributed by atoms with Gasteiger partial charge in [-0.3, -0.25) is 0 Å². The molecular formula is C16H24O2. The lowest BCUT2D eigenvalue weighted by atomic mass is 10.0. The Labute approximate surface area is 110 Å². The highest BCUT2D eigenvalue weighted by Gasteiger charge is 2.17. The summed E-state index contributed by atoms with van der Waals surface area (Å²) in [5, 5.41) is 10.1. The van der Waals surface area contributed by atoms with Crippen LogP contribution >= 0.6 is 0 Å². The maximum absolute atomic E-state index is 10.1. The van der Waals surface area contributed by atoms with Gasteiger partial charge in [-0.25, -0.2) is 0 Å². The molecule has 0 amide bonds. The van der Waals surface area contributed by atoms with Crippen molar-refractivity contribution in [3.05, 3.63) is 35.4 Å². The van der Waals surface area contributed by atoms with Crippen molar-refractivity contribution in [1.82, 2.24) is 0 Å². The molecule has 0 heterocycles. The lowest BCUT2D eigenvalue weighted by Gasteiger charge is -2.16. The Balaban J connectivity index is 1.81. The van der Waals surface area contributed by atoms with Crippen LogP contribution in [0.4, 0.5) is 0 Å². The van der Waals surface area contributed by atoms with Crippen LogP contribution in [-0.4, -0.2) is 17.8 Å². The lowest BCUT2D eigenvalue weighted by Crippen LogP contribution is -2.14. The Kier molecular flexibility index (Phi) is 5.21. The van der Waals surface area contributed by atoms with E-state index in [1.54, 1.807) is 0 Å². The van der Waals surface area contributed by atoms with E-state index in [1.807, 2.05) is 12.1 Å². The molecule has 1 fully saturated rings. The van der Waals surface area contributed by atoms with E-state index in [2.05, 4.69) is 19.1 Å². The zero-order valence-electron chi connectivity index (χ0n) is 11.3. The number of aliphatic hydroxyl groups excluding tert-OH is 1. The van der Waals surface area contributed by atoms with Crippen LogP contribution in [-0.2, 0) is 11.2 Å². The van der Waals surface area contributed by atoms with Gasteiger partial charge in [-0.15, -0.1) is 0 Å². The standard InChI is InChI=1S/C16H24O2/c1-2-5-13-8-10-14(11-9-13)16(17)12-18-15-6-3-4-7-15/h8-11,15-17H,2-7,12H2,1H3. The lowest BCUT2D eigenvalue weighted by molar-refractivity contribution is -0.00699. The van der Waals surface area contributed by atoms with E-state index in [4.69, 9.17) is 4.74 Å². The van der Waals surface area contributed by atoms with Crippen LogP contribution in [0.2, 0.25) is 0 Å². The van der Waals surface area contributed by atoms with E-state index in [-0.39, 0.29) is 0 Å². The van der Waals surface area contributed by atoms with Gasteiger partial charge >= 0.3 is 0 Å². The van der Waals surface area contributed by atoms with E-state index in [0.717, 1.165) is 31.2 Å². The topological polar surface area (TPSA) is 29.5 Å². The summed E-state index contributed by atoms with van der Waals surface area (Å²) in [5.41, 5.74) is 2.30. The molecule has 100 valence electrons. The molecule has 1 saturated carbocycles. The van der Waals surface area contributed by atoms with Gasteiger partial charge in [0.05, 0.1) is 12.7 Å². The number of aliphatic hydroxyl groups is 1. The van der Waals surface area contributed by atoms with Gasteiger partial charge in [-0.05, 0) is 30.4 Å². The summed E-state index contributed by atoms with van der Waals surface area (Å²) >= 11 is 0. The van der Waals surface area contributed by atoms with Crippen LogP contribution in [0.25, 0.3) is 0 Å². The molecular weight excluding hydrogens is 224 g/mol. The van der Waals surface area contributed by atoms with E-state index >= 15 is 0 Å². The Hall–Kier alpha value is -0.860. The molecule has 0 aliphatic heterocycles. The fourth-order valence-electron chi connectivity index (χ4n) is 2.57. The minimum absolute atomic E-state index is 0.374. The molecule has 1 aromatic carbocycles. The molecule has 1 aromatic rings. The number of ether oxygens (including phenoxy) is 1. The van der Waals surface area contributed by atoms with Gasteiger partial charge in [-0.1, -0.05) is 50.5 Å². The molecule has 1 aliphatic carbocycles. The Morgan fingerprint density at radius 2 is 1.89 bits per heavy atom. The molecule has 0 spiro atoms. The number of rotatable bonds is 6. The van der Waals surface area contributed by atoms with Crippen molar-refractivity contribution in [2.24, 2.45) is 0 Å². The molecule has 2 nitrogen and oxygen atoms in total. The number of benzene rings is 1. The van der Waals surface area contributed by atoms with Crippen LogP contribution < -0.4 is 0 Å². The average Bonchev–Trinajstić information content (AvgIpc) is 2.90. The molecule has 2 heteroatoms. The first-order valence-electron chi connectivity index (χ1n) is 7.18. The monoisotopic (exact) mass is 248 g/mol. The predicted octanol–water partition coefficient (Wildman–Crippen LogP) is 3.63. The van der Waals surface area contributed by atoms with Crippen LogP contribution in [0.15, 0.2) is 24.3 Å².